The summed E-state index contributed by atoms with van der Waals surface area (Å²) < 4.78 is 18.7. The zero-order valence-corrected chi connectivity index (χ0v) is 7.82. The van der Waals surface area contributed by atoms with E-state index in [1.54, 1.807) is 12.1 Å². The van der Waals surface area contributed by atoms with Crippen LogP contribution < -0.4 is 0 Å². The highest BCUT2D eigenvalue weighted by Crippen LogP contribution is 2.30. The zero-order chi connectivity index (χ0) is 9.97. The maximum Gasteiger partial charge on any atom is 0.126 e. The fourth-order valence-electron chi connectivity index (χ4n) is 1.86. The lowest BCUT2D eigenvalue weighted by atomic mass is 9.96. The zero-order valence-electron chi connectivity index (χ0n) is 7.82. The van der Waals surface area contributed by atoms with Crippen molar-refractivity contribution < 1.29 is 14.2 Å². The van der Waals surface area contributed by atoms with Crippen molar-refractivity contribution >= 4 is 0 Å². The van der Waals surface area contributed by atoms with Crippen molar-refractivity contribution in [1.82, 2.24) is 0 Å². The van der Waals surface area contributed by atoms with E-state index in [1.807, 2.05) is 6.07 Å². The summed E-state index contributed by atoms with van der Waals surface area (Å²) in [5.41, 5.74) is 0.698. The fourth-order valence-corrected chi connectivity index (χ4v) is 1.86. The minimum atomic E-state index is -0.181. The van der Waals surface area contributed by atoms with Crippen LogP contribution in [0.15, 0.2) is 24.3 Å². The van der Waals surface area contributed by atoms with Gasteiger partial charge < -0.3 is 9.84 Å². The van der Waals surface area contributed by atoms with Crippen molar-refractivity contribution in [3.63, 3.8) is 0 Å². The average molecular weight is 196 g/mol. The van der Waals surface area contributed by atoms with Crippen LogP contribution in [-0.2, 0) is 4.74 Å². The number of aliphatic hydroxyl groups excluding tert-OH is 1. The summed E-state index contributed by atoms with van der Waals surface area (Å²) in [6.45, 7) is 0.525. The van der Waals surface area contributed by atoms with E-state index < -0.39 is 0 Å². The first-order valence-corrected chi connectivity index (χ1v) is 4.78. The van der Waals surface area contributed by atoms with Gasteiger partial charge in [-0.05, 0) is 18.1 Å². The normalized spacial score (nSPS) is 26.7. The summed E-state index contributed by atoms with van der Waals surface area (Å²) in [6, 6.07) is 6.74. The number of hydrogen-bond acceptors (Lipinski definition) is 2. The van der Waals surface area contributed by atoms with E-state index in [0.29, 0.717) is 18.6 Å². The number of ether oxygens (including phenoxy) is 1. The van der Waals surface area contributed by atoms with E-state index >= 15 is 0 Å². The Labute approximate surface area is 82.3 Å². The van der Waals surface area contributed by atoms with Crippen LogP contribution in [0.1, 0.15) is 17.9 Å². The molecule has 1 aromatic rings. The first-order valence-electron chi connectivity index (χ1n) is 4.78. The maximum atomic E-state index is 13.4. The van der Waals surface area contributed by atoms with Gasteiger partial charge in [-0.2, -0.15) is 0 Å². The van der Waals surface area contributed by atoms with Gasteiger partial charge in [-0.3, -0.25) is 0 Å². The standard InChI is InChI=1S/C11H13FO2/c12-11-4-2-1-3-10(11)8-5-9(6-13)14-7-8/h1-4,8-9,13H,5-7H2/t8-,9+/m0/s1. The maximum absolute atomic E-state index is 13.4. The van der Waals surface area contributed by atoms with Crippen molar-refractivity contribution in [1.29, 1.82) is 0 Å². The van der Waals surface area contributed by atoms with Crippen LogP contribution >= 0.6 is 0 Å². The highest BCUT2D eigenvalue weighted by atomic mass is 19.1. The summed E-state index contributed by atoms with van der Waals surface area (Å²) >= 11 is 0. The van der Waals surface area contributed by atoms with Crippen LogP contribution in [0.5, 0.6) is 0 Å². The van der Waals surface area contributed by atoms with Gasteiger partial charge in [0, 0.05) is 5.92 Å². The molecule has 1 heterocycles. The van der Waals surface area contributed by atoms with Gasteiger partial charge in [-0.1, -0.05) is 18.2 Å². The molecule has 0 bridgehead atoms. The number of benzene rings is 1. The average Bonchev–Trinajstić information content (AvgIpc) is 2.67. The molecule has 0 aliphatic carbocycles. The highest BCUT2D eigenvalue weighted by molar-refractivity contribution is 5.22. The predicted molar refractivity (Wildman–Crippen MR) is 50.6 cm³/mol. The highest BCUT2D eigenvalue weighted by Gasteiger charge is 2.27. The smallest absolute Gasteiger partial charge is 0.126 e. The Hall–Kier alpha value is -0.930. The van der Waals surface area contributed by atoms with Gasteiger partial charge >= 0.3 is 0 Å². The Kier molecular flexibility index (Phi) is 2.79. The summed E-state index contributed by atoms with van der Waals surface area (Å²) in [7, 11) is 0. The van der Waals surface area contributed by atoms with Crippen molar-refractivity contribution in [3.8, 4) is 0 Å². The van der Waals surface area contributed by atoms with E-state index in [2.05, 4.69) is 0 Å². The second-order valence-electron chi connectivity index (χ2n) is 3.59. The van der Waals surface area contributed by atoms with E-state index in [-0.39, 0.29) is 24.4 Å². The van der Waals surface area contributed by atoms with E-state index in [9.17, 15) is 4.39 Å². The molecule has 3 heteroatoms. The predicted octanol–water partition coefficient (Wildman–Crippen LogP) is 1.69. The molecule has 0 saturated carbocycles. The molecule has 0 unspecified atom stereocenters. The second kappa shape index (κ2) is 4.07. The molecule has 76 valence electrons. The van der Waals surface area contributed by atoms with Gasteiger partial charge in [-0.25, -0.2) is 4.39 Å². The Balaban J connectivity index is 2.13. The van der Waals surface area contributed by atoms with Crippen LogP contribution in [0, 0.1) is 5.82 Å². The number of rotatable bonds is 2. The quantitative estimate of drug-likeness (QED) is 0.780. The lowest BCUT2D eigenvalue weighted by molar-refractivity contribution is 0.0584. The second-order valence-corrected chi connectivity index (χ2v) is 3.59. The van der Waals surface area contributed by atoms with Crippen LogP contribution in [0.25, 0.3) is 0 Å². The molecular formula is C11H13FO2. The largest absolute Gasteiger partial charge is 0.394 e. The number of aliphatic hydroxyl groups is 1. The molecule has 2 atom stereocenters. The first kappa shape index (κ1) is 9.62. The first-order chi connectivity index (χ1) is 6.81. The van der Waals surface area contributed by atoms with Gasteiger partial charge in [0.2, 0.25) is 0 Å². The summed E-state index contributed by atoms with van der Waals surface area (Å²) in [4.78, 5) is 0. The van der Waals surface area contributed by atoms with Gasteiger partial charge in [0.15, 0.2) is 0 Å². The minimum absolute atomic E-state index is 0.0188. The molecular weight excluding hydrogens is 183 g/mol. The third-order valence-corrected chi connectivity index (χ3v) is 2.63. The minimum Gasteiger partial charge on any atom is -0.394 e. The topological polar surface area (TPSA) is 29.5 Å². The third kappa shape index (κ3) is 1.79. The lowest BCUT2D eigenvalue weighted by Crippen LogP contribution is -2.09. The van der Waals surface area contributed by atoms with Crippen molar-refractivity contribution in [2.24, 2.45) is 0 Å². The van der Waals surface area contributed by atoms with Crippen LogP contribution in [-0.4, -0.2) is 24.4 Å². The molecule has 1 aliphatic heterocycles. The van der Waals surface area contributed by atoms with Gasteiger partial charge in [0.1, 0.15) is 5.82 Å². The Bertz CT molecular complexity index is 314. The van der Waals surface area contributed by atoms with Gasteiger partial charge in [0.25, 0.3) is 0 Å². The summed E-state index contributed by atoms with van der Waals surface area (Å²) in [6.07, 6.45) is 0.580. The molecule has 1 saturated heterocycles. The molecule has 1 N–H and O–H groups in total. The number of hydrogen-bond donors (Lipinski definition) is 1. The molecule has 14 heavy (non-hydrogen) atoms. The van der Waals surface area contributed by atoms with Crippen LogP contribution in [0.4, 0.5) is 4.39 Å². The van der Waals surface area contributed by atoms with Crippen molar-refractivity contribution in [2.75, 3.05) is 13.2 Å². The molecule has 2 nitrogen and oxygen atoms in total. The van der Waals surface area contributed by atoms with Crippen molar-refractivity contribution in [2.45, 2.75) is 18.4 Å². The molecule has 0 aromatic heterocycles. The Morgan fingerprint density at radius 3 is 2.86 bits per heavy atom. The van der Waals surface area contributed by atoms with E-state index in [4.69, 9.17) is 9.84 Å². The van der Waals surface area contributed by atoms with Gasteiger partial charge in [0.05, 0.1) is 19.3 Å². The number of halogens is 1. The summed E-state index contributed by atoms with van der Waals surface area (Å²) in [5.74, 6) is -0.0898. The molecule has 1 aliphatic rings. The molecule has 2 rings (SSSR count). The molecule has 1 aromatic carbocycles. The Morgan fingerprint density at radius 2 is 2.21 bits per heavy atom. The lowest BCUT2D eigenvalue weighted by Gasteiger charge is -2.08. The molecule has 0 spiro atoms. The monoisotopic (exact) mass is 196 g/mol. The third-order valence-electron chi connectivity index (χ3n) is 2.63. The van der Waals surface area contributed by atoms with Gasteiger partial charge in [-0.15, -0.1) is 0 Å². The molecule has 0 radical (unpaired) electrons. The van der Waals surface area contributed by atoms with E-state index in [0.717, 1.165) is 0 Å². The van der Waals surface area contributed by atoms with Crippen LogP contribution in [0.3, 0.4) is 0 Å². The fraction of sp³-hybridized carbons (Fsp3) is 0.455. The van der Waals surface area contributed by atoms with E-state index in [1.165, 1.54) is 6.07 Å². The van der Waals surface area contributed by atoms with Crippen molar-refractivity contribution in [3.05, 3.63) is 35.6 Å². The molecule has 1 fully saturated rings. The van der Waals surface area contributed by atoms with Crippen LogP contribution in [0.2, 0.25) is 0 Å². The summed E-state index contributed by atoms with van der Waals surface area (Å²) in [5, 5.41) is 8.88. The SMILES string of the molecule is OC[C@H]1C[C@H](c2ccccc2F)CO1. The molecule has 0 amide bonds. The Morgan fingerprint density at radius 1 is 1.43 bits per heavy atom.